The van der Waals surface area contributed by atoms with E-state index in [4.69, 9.17) is 5.10 Å². The Hall–Kier alpha value is -1.62. The van der Waals surface area contributed by atoms with Gasteiger partial charge in [-0.1, -0.05) is 26.2 Å². The first kappa shape index (κ1) is 14.3. The second kappa shape index (κ2) is 6.89. The molecule has 0 atom stereocenters. The van der Waals surface area contributed by atoms with E-state index in [-0.39, 0.29) is 0 Å². The predicted molar refractivity (Wildman–Crippen MR) is 83.1 cm³/mol. The van der Waals surface area contributed by atoms with E-state index in [1.807, 2.05) is 10.9 Å². The summed E-state index contributed by atoms with van der Waals surface area (Å²) in [5, 5.41) is 12.5. The molecule has 0 radical (unpaired) electrons. The van der Waals surface area contributed by atoms with Crippen LogP contribution >= 0.6 is 0 Å². The first-order valence-electron chi connectivity index (χ1n) is 8.12. The van der Waals surface area contributed by atoms with Gasteiger partial charge in [0.1, 0.15) is 0 Å². The third-order valence-electron chi connectivity index (χ3n) is 4.28. The third-order valence-corrected chi connectivity index (χ3v) is 4.28. The zero-order valence-electron chi connectivity index (χ0n) is 12.8. The summed E-state index contributed by atoms with van der Waals surface area (Å²) in [7, 11) is 0. The van der Waals surface area contributed by atoms with Crippen molar-refractivity contribution in [3.63, 3.8) is 0 Å². The highest BCUT2D eigenvalue weighted by Crippen LogP contribution is 2.27. The van der Waals surface area contributed by atoms with Gasteiger partial charge in [-0.15, -0.1) is 0 Å². The van der Waals surface area contributed by atoms with Crippen molar-refractivity contribution in [1.29, 1.82) is 0 Å². The van der Waals surface area contributed by atoms with Crippen LogP contribution in [-0.2, 0) is 13.1 Å². The second-order valence-corrected chi connectivity index (χ2v) is 5.84. The second-order valence-electron chi connectivity index (χ2n) is 5.84. The minimum atomic E-state index is 0.603. The van der Waals surface area contributed by atoms with Gasteiger partial charge in [-0.3, -0.25) is 9.36 Å². The van der Waals surface area contributed by atoms with Gasteiger partial charge in [0, 0.05) is 18.9 Å². The molecule has 3 rings (SSSR count). The van der Waals surface area contributed by atoms with Crippen LogP contribution in [0.15, 0.2) is 24.5 Å². The number of nitrogens with one attached hydrogen (secondary N) is 1. The van der Waals surface area contributed by atoms with E-state index >= 15 is 0 Å². The Morgan fingerprint density at radius 3 is 2.90 bits per heavy atom. The van der Waals surface area contributed by atoms with Crippen LogP contribution in [0.3, 0.4) is 0 Å². The summed E-state index contributed by atoms with van der Waals surface area (Å²) in [5.41, 5.74) is 2.31. The Morgan fingerprint density at radius 1 is 1.24 bits per heavy atom. The maximum absolute atomic E-state index is 4.77. The van der Waals surface area contributed by atoms with Gasteiger partial charge in [0.05, 0.1) is 24.0 Å². The Morgan fingerprint density at radius 2 is 2.10 bits per heavy atom. The van der Waals surface area contributed by atoms with Crippen molar-refractivity contribution in [1.82, 2.24) is 24.9 Å². The van der Waals surface area contributed by atoms with Crippen LogP contribution < -0.4 is 5.32 Å². The molecule has 5 nitrogen and oxygen atoms in total. The average molecular weight is 287 g/mol. The van der Waals surface area contributed by atoms with E-state index in [1.165, 1.54) is 37.8 Å². The van der Waals surface area contributed by atoms with Crippen LogP contribution in [0.4, 0.5) is 0 Å². The molecular weight excluding hydrogens is 262 g/mol. The first-order valence-corrected chi connectivity index (χ1v) is 8.12. The molecule has 0 unspecified atom stereocenters. The molecule has 2 heterocycles. The topological polar surface area (TPSA) is 47.7 Å². The lowest BCUT2D eigenvalue weighted by Gasteiger charge is -2.21. The minimum Gasteiger partial charge on any atom is -0.311 e. The zero-order chi connectivity index (χ0) is 14.5. The summed E-state index contributed by atoms with van der Waals surface area (Å²) >= 11 is 0. The quantitative estimate of drug-likeness (QED) is 0.888. The molecule has 0 saturated heterocycles. The van der Waals surface area contributed by atoms with Crippen LogP contribution in [-0.4, -0.2) is 26.1 Å². The van der Waals surface area contributed by atoms with Crippen molar-refractivity contribution < 1.29 is 0 Å². The third kappa shape index (κ3) is 3.53. The maximum atomic E-state index is 4.77. The van der Waals surface area contributed by atoms with Crippen molar-refractivity contribution >= 4 is 0 Å². The SMILES string of the molecule is CCNCc1ccnn1Cc1ccn(C2CCCCC2)n1. The smallest absolute Gasteiger partial charge is 0.0853 e. The van der Waals surface area contributed by atoms with Gasteiger partial charge in [-0.05, 0) is 31.5 Å². The monoisotopic (exact) mass is 287 g/mol. The number of rotatable bonds is 6. The molecule has 0 aromatic carbocycles. The van der Waals surface area contributed by atoms with Gasteiger partial charge in [0.25, 0.3) is 0 Å². The van der Waals surface area contributed by atoms with Crippen LogP contribution in [0.1, 0.15) is 56.5 Å². The summed E-state index contributed by atoms with van der Waals surface area (Å²) in [4.78, 5) is 0. The molecular formula is C16H25N5. The van der Waals surface area contributed by atoms with Crippen molar-refractivity contribution in [2.45, 2.75) is 58.2 Å². The normalized spacial score (nSPS) is 16.4. The summed E-state index contributed by atoms with van der Waals surface area (Å²) in [5.74, 6) is 0. The van der Waals surface area contributed by atoms with Crippen molar-refractivity contribution in [3.05, 3.63) is 35.9 Å². The fourth-order valence-corrected chi connectivity index (χ4v) is 3.07. The van der Waals surface area contributed by atoms with E-state index in [9.17, 15) is 0 Å². The molecule has 1 aliphatic rings. The van der Waals surface area contributed by atoms with E-state index in [1.54, 1.807) is 0 Å². The van der Waals surface area contributed by atoms with Gasteiger partial charge in [0.15, 0.2) is 0 Å². The highest BCUT2D eigenvalue weighted by atomic mass is 15.3. The van der Waals surface area contributed by atoms with E-state index in [0.717, 1.165) is 25.3 Å². The number of aromatic nitrogens is 4. The lowest BCUT2D eigenvalue weighted by atomic mass is 9.96. The Bertz CT molecular complexity index is 551. The standard InChI is InChI=1S/C16H25N5/c1-2-17-12-16-8-10-18-21(16)13-14-9-11-20(19-14)15-6-4-3-5-7-15/h8-11,15,17H,2-7,12-13H2,1H3. The summed E-state index contributed by atoms with van der Waals surface area (Å²) in [6.45, 7) is 4.71. The van der Waals surface area contributed by atoms with Crippen molar-refractivity contribution in [3.8, 4) is 0 Å². The number of hydrogen-bond donors (Lipinski definition) is 1. The number of hydrogen-bond acceptors (Lipinski definition) is 3. The van der Waals surface area contributed by atoms with Gasteiger partial charge >= 0.3 is 0 Å². The van der Waals surface area contributed by atoms with Gasteiger partial charge in [-0.25, -0.2) is 0 Å². The largest absolute Gasteiger partial charge is 0.311 e. The molecule has 2 aromatic heterocycles. The molecule has 2 aromatic rings. The molecule has 1 N–H and O–H groups in total. The molecule has 114 valence electrons. The summed E-state index contributed by atoms with van der Waals surface area (Å²) in [6, 6.07) is 4.81. The fourth-order valence-electron chi connectivity index (χ4n) is 3.07. The van der Waals surface area contributed by atoms with E-state index in [2.05, 4.69) is 40.4 Å². The molecule has 1 saturated carbocycles. The first-order chi connectivity index (χ1) is 10.4. The van der Waals surface area contributed by atoms with E-state index < -0.39 is 0 Å². The minimum absolute atomic E-state index is 0.603. The van der Waals surface area contributed by atoms with E-state index in [0.29, 0.717) is 6.04 Å². The Labute approximate surface area is 126 Å². The average Bonchev–Trinajstić information content (AvgIpc) is 3.16. The molecule has 1 aliphatic carbocycles. The zero-order valence-corrected chi connectivity index (χ0v) is 12.8. The molecule has 21 heavy (non-hydrogen) atoms. The van der Waals surface area contributed by atoms with Gasteiger partial charge in [0.2, 0.25) is 0 Å². The van der Waals surface area contributed by atoms with Crippen LogP contribution in [0.25, 0.3) is 0 Å². The Kier molecular flexibility index (Phi) is 4.70. The Balaban J connectivity index is 1.65. The lowest BCUT2D eigenvalue weighted by Crippen LogP contribution is -2.17. The molecule has 1 fully saturated rings. The lowest BCUT2D eigenvalue weighted by molar-refractivity contribution is 0.327. The summed E-state index contributed by atoms with van der Waals surface area (Å²) < 4.78 is 4.21. The molecule has 0 spiro atoms. The molecule has 0 bridgehead atoms. The highest BCUT2D eigenvalue weighted by Gasteiger charge is 2.16. The maximum Gasteiger partial charge on any atom is 0.0853 e. The van der Waals surface area contributed by atoms with Crippen molar-refractivity contribution in [2.24, 2.45) is 0 Å². The molecule has 5 heteroatoms. The van der Waals surface area contributed by atoms with Crippen molar-refractivity contribution in [2.75, 3.05) is 6.54 Å². The molecule has 0 aliphatic heterocycles. The van der Waals surface area contributed by atoms with Crippen LogP contribution in [0.2, 0.25) is 0 Å². The molecule has 0 amide bonds. The van der Waals surface area contributed by atoms with Gasteiger partial charge in [-0.2, -0.15) is 10.2 Å². The highest BCUT2D eigenvalue weighted by molar-refractivity contribution is 5.06. The van der Waals surface area contributed by atoms with Gasteiger partial charge < -0.3 is 5.32 Å². The summed E-state index contributed by atoms with van der Waals surface area (Å²) in [6.07, 6.45) is 10.6. The predicted octanol–water partition coefficient (Wildman–Crippen LogP) is 2.74. The van der Waals surface area contributed by atoms with Crippen LogP contribution in [0.5, 0.6) is 0 Å². The number of nitrogens with zero attached hydrogens (tertiary/aromatic N) is 4. The fraction of sp³-hybridized carbons (Fsp3) is 0.625. The van der Waals surface area contributed by atoms with Crippen LogP contribution in [0, 0.1) is 0 Å².